The van der Waals surface area contributed by atoms with Crippen molar-refractivity contribution in [2.45, 2.75) is 6.92 Å². The summed E-state index contributed by atoms with van der Waals surface area (Å²) in [6.45, 7) is 1.62. The third-order valence-electron chi connectivity index (χ3n) is 4.05. The van der Waals surface area contributed by atoms with Gasteiger partial charge in [-0.3, -0.25) is 4.79 Å². The maximum Gasteiger partial charge on any atom is 0.263 e. The molecule has 0 atom stereocenters. The first kappa shape index (κ1) is 18.9. The van der Waals surface area contributed by atoms with E-state index < -0.39 is 0 Å². The second kappa shape index (κ2) is 7.88. The molecule has 29 heavy (non-hydrogen) atoms. The first-order valence-corrected chi connectivity index (χ1v) is 9.53. The molecule has 0 spiro atoms. The number of aromatic nitrogens is 3. The number of ether oxygens (including phenoxy) is 2. The molecule has 1 amide bonds. The second-order valence-corrected chi connectivity index (χ2v) is 7.21. The number of carbonyl (C=O) groups is 1. The van der Waals surface area contributed by atoms with Crippen LogP contribution < -0.4 is 14.8 Å². The van der Waals surface area contributed by atoms with Crippen molar-refractivity contribution in [1.29, 1.82) is 0 Å². The minimum Gasteiger partial charge on any atom is -0.497 e. The van der Waals surface area contributed by atoms with E-state index in [0.29, 0.717) is 16.7 Å². The number of nitrogens with zero attached hydrogens (tertiary/aromatic N) is 3. The summed E-state index contributed by atoms with van der Waals surface area (Å²) in [5, 5.41) is 7.84. The van der Waals surface area contributed by atoms with Crippen molar-refractivity contribution < 1.29 is 18.7 Å². The Balaban J connectivity index is 1.52. The zero-order valence-electron chi connectivity index (χ0n) is 15.7. The minimum absolute atomic E-state index is 0.215. The molecule has 0 unspecified atom stereocenters. The lowest BCUT2D eigenvalue weighted by Gasteiger charge is -2.08. The number of aryl methyl sites for hydroxylation is 1. The SMILES string of the molecule is COc1ccc2sc(-n3nc(C)cc3NC(=O)COc3ccc(F)cc3)nc2c1. The molecule has 0 aliphatic carbocycles. The molecule has 2 aromatic heterocycles. The van der Waals surface area contributed by atoms with E-state index in [2.05, 4.69) is 15.4 Å². The maximum atomic E-state index is 12.9. The number of anilines is 1. The monoisotopic (exact) mass is 412 g/mol. The molecule has 7 nitrogen and oxygen atoms in total. The van der Waals surface area contributed by atoms with Gasteiger partial charge in [0.15, 0.2) is 6.61 Å². The van der Waals surface area contributed by atoms with Crippen LogP contribution in [0.4, 0.5) is 10.2 Å². The van der Waals surface area contributed by atoms with E-state index in [1.54, 1.807) is 17.9 Å². The van der Waals surface area contributed by atoms with Crippen LogP contribution in [-0.4, -0.2) is 34.4 Å². The molecule has 0 aliphatic rings. The highest BCUT2D eigenvalue weighted by atomic mass is 32.1. The predicted octanol–water partition coefficient (Wildman–Crippen LogP) is 3.96. The molecule has 1 N–H and O–H groups in total. The van der Waals surface area contributed by atoms with E-state index >= 15 is 0 Å². The Morgan fingerprint density at radius 1 is 1.17 bits per heavy atom. The van der Waals surface area contributed by atoms with E-state index in [4.69, 9.17) is 9.47 Å². The van der Waals surface area contributed by atoms with E-state index in [1.807, 2.05) is 25.1 Å². The van der Waals surface area contributed by atoms with Crippen molar-refractivity contribution in [2.75, 3.05) is 19.0 Å². The fourth-order valence-corrected chi connectivity index (χ4v) is 3.62. The number of halogens is 1. The van der Waals surface area contributed by atoms with Crippen molar-refractivity contribution in [3.05, 3.63) is 60.0 Å². The Morgan fingerprint density at radius 2 is 1.93 bits per heavy atom. The molecule has 0 radical (unpaired) electrons. The molecule has 0 aliphatic heterocycles. The molecular weight excluding hydrogens is 395 g/mol. The summed E-state index contributed by atoms with van der Waals surface area (Å²) in [7, 11) is 1.60. The van der Waals surface area contributed by atoms with Gasteiger partial charge in [0.25, 0.3) is 5.91 Å². The number of fused-ring (bicyclic) bond motifs is 1. The molecule has 0 fully saturated rings. The lowest BCUT2D eigenvalue weighted by Crippen LogP contribution is -2.21. The minimum atomic E-state index is -0.366. The number of rotatable bonds is 6. The van der Waals surface area contributed by atoms with Crippen LogP contribution in [0.5, 0.6) is 11.5 Å². The van der Waals surface area contributed by atoms with Gasteiger partial charge in [-0.1, -0.05) is 11.3 Å². The molecule has 2 heterocycles. The highest BCUT2D eigenvalue weighted by Gasteiger charge is 2.15. The Kier molecular flexibility index (Phi) is 5.13. The normalized spacial score (nSPS) is 10.9. The van der Waals surface area contributed by atoms with Crippen LogP contribution in [0.15, 0.2) is 48.5 Å². The van der Waals surface area contributed by atoms with E-state index in [1.165, 1.54) is 35.6 Å². The predicted molar refractivity (Wildman–Crippen MR) is 109 cm³/mol. The van der Waals surface area contributed by atoms with Crippen molar-refractivity contribution in [3.63, 3.8) is 0 Å². The lowest BCUT2D eigenvalue weighted by atomic mass is 10.3. The number of carbonyl (C=O) groups excluding carboxylic acids is 1. The fraction of sp³-hybridized carbons (Fsp3) is 0.150. The highest BCUT2D eigenvalue weighted by Crippen LogP contribution is 2.29. The zero-order chi connectivity index (χ0) is 20.4. The van der Waals surface area contributed by atoms with Crippen LogP contribution >= 0.6 is 11.3 Å². The summed E-state index contributed by atoms with van der Waals surface area (Å²) in [6, 6.07) is 12.9. The Hall–Kier alpha value is -3.46. The molecule has 0 bridgehead atoms. The molecule has 2 aromatic carbocycles. The molecule has 4 aromatic rings. The largest absolute Gasteiger partial charge is 0.497 e. The molecule has 148 valence electrons. The summed E-state index contributed by atoms with van der Waals surface area (Å²) < 4.78 is 26.1. The number of benzene rings is 2. The quantitative estimate of drug-likeness (QED) is 0.519. The van der Waals surface area contributed by atoms with Crippen molar-refractivity contribution in [2.24, 2.45) is 0 Å². The summed E-state index contributed by atoms with van der Waals surface area (Å²) in [6.07, 6.45) is 0. The van der Waals surface area contributed by atoms with Gasteiger partial charge in [0.05, 0.1) is 23.0 Å². The van der Waals surface area contributed by atoms with Gasteiger partial charge >= 0.3 is 0 Å². The standard InChI is InChI=1S/C20H17FN4O3S/c1-12-9-18(23-19(26)11-28-14-5-3-13(21)4-6-14)25(24-12)20-22-16-10-15(27-2)7-8-17(16)29-20/h3-10H,11H2,1-2H3,(H,23,26). The van der Waals surface area contributed by atoms with Crippen LogP contribution in [0.3, 0.4) is 0 Å². The van der Waals surface area contributed by atoms with Crippen molar-refractivity contribution in [1.82, 2.24) is 14.8 Å². The summed E-state index contributed by atoms with van der Waals surface area (Å²) >= 11 is 1.45. The Morgan fingerprint density at radius 3 is 2.69 bits per heavy atom. The van der Waals surface area contributed by atoms with Crippen LogP contribution in [0.25, 0.3) is 15.3 Å². The van der Waals surface area contributed by atoms with Gasteiger partial charge in [-0.15, -0.1) is 0 Å². The van der Waals surface area contributed by atoms with Crippen LogP contribution in [0.2, 0.25) is 0 Å². The van der Waals surface area contributed by atoms with Gasteiger partial charge in [-0.2, -0.15) is 9.78 Å². The molecular formula is C20H17FN4O3S. The van der Waals surface area contributed by atoms with E-state index in [0.717, 1.165) is 21.7 Å². The topological polar surface area (TPSA) is 78.3 Å². The first-order valence-electron chi connectivity index (χ1n) is 8.71. The average Bonchev–Trinajstić information content (AvgIpc) is 3.29. The van der Waals surface area contributed by atoms with Gasteiger partial charge < -0.3 is 14.8 Å². The number of methoxy groups -OCH3 is 1. The average molecular weight is 412 g/mol. The van der Waals surface area contributed by atoms with E-state index in [9.17, 15) is 9.18 Å². The number of thiazole rings is 1. The fourth-order valence-electron chi connectivity index (χ4n) is 2.71. The summed E-state index contributed by atoms with van der Waals surface area (Å²) in [5.41, 5.74) is 1.52. The Labute approximate surface area is 169 Å². The van der Waals surface area contributed by atoms with Crippen LogP contribution in [-0.2, 0) is 4.79 Å². The molecule has 9 heteroatoms. The zero-order valence-corrected chi connectivity index (χ0v) is 16.5. The summed E-state index contributed by atoms with van der Waals surface area (Å²) in [5.74, 6) is 0.887. The number of nitrogens with one attached hydrogen (secondary N) is 1. The second-order valence-electron chi connectivity index (χ2n) is 6.20. The first-order chi connectivity index (χ1) is 14.0. The van der Waals surface area contributed by atoms with Gasteiger partial charge in [-0.25, -0.2) is 9.37 Å². The number of hydrogen-bond acceptors (Lipinski definition) is 6. The molecule has 0 saturated carbocycles. The Bertz CT molecular complexity index is 1170. The molecule has 0 saturated heterocycles. The van der Waals surface area contributed by atoms with Gasteiger partial charge in [-0.05, 0) is 43.3 Å². The molecule has 4 rings (SSSR count). The smallest absolute Gasteiger partial charge is 0.263 e. The summed E-state index contributed by atoms with van der Waals surface area (Å²) in [4.78, 5) is 16.9. The van der Waals surface area contributed by atoms with Crippen molar-refractivity contribution in [3.8, 4) is 16.6 Å². The third-order valence-corrected chi connectivity index (χ3v) is 5.06. The maximum absolute atomic E-state index is 12.9. The van der Waals surface area contributed by atoms with E-state index in [-0.39, 0.29) is 18.3 Å². The van der Waals surface area contributed by atoms with Crippen LogP contribution in [0.1, 0.15) is 5.69 Å². The lowest BCUT2D eigenvalue weighted by molar-refractivity contribution is -0.118. The highest BCUT2D eigenvalue weighted by molar-refractivity contribution is 7.20. The van der Waals surface area contributed by atoms with Gasteiger partial charge in [0.1, 0.15) is 23.1 Å². The van der Waals surface area contributed by atoms with Gasteiger partial charge in [0, 0.05) is 12.1 Å². The number of hydrogen-bond donors (Lipinski definition) is 1. The van der Waals surface area contributed by atoms with Gasteiger partial charge in [0.2, 0.25) is 5.13 Å². The number of amides is 1. The third kappa shape index (κ3) is 4.19. The van der Waals surface area contributed by atoms with Crippen molar-refractivity contribution >= 4 is 33.3 Å². The van der Waals surface area contributed by atoms with Crippen LogP contribution in [0, 0.1) is 12.7 Å².